The SMILES string of the molecule is C=Cc1ccc2c(c1)CCc1ccccc1CCCC2.Cc1ccc(N(c2ccc(-n3c4ccccc4c4ccccc43)cc2)c2ccc(-n3c4ccccc4c4ccccc43)cc2)cc1. The molecular formula is C63H53N3. The van der Waals surface area contributed by atoms with Crippen molar-refractivity contribution in [3.8, 4) is 11.4 Å². The van der Waals surface area contributed by atoms with Gasteiger partial charge in [0.25, 0.3) is 0 Å². The van der Waals surface area contributed by atoms with E-state index in [1.54, 1.807) is 5.56 Å². The molecular weight excluding hydrogens is 799 g/mol. The lowest BCUT2D eigenvalue weighted by atomic mass is 9.90. The number of nitrogens with zero attached hydrogens (tertiary/aromatic N) is 3. The Kier molecular flexibility index (Phi) is 11.1. The molecule has 0 saturated heterocycles. The Balaban J connectivity index is 0.000000201. The second-order valence-electron chi connectivity index (χ2n) is 17.7. The Morgan fingerprint density at radius 2 is 0.742 bits per heavy atom. The van der Waals surface area contributed by atoms with Gasteiger partial charge in [-0.25, -0.2) is 0 Å². The van der Waals surface area contributed by atoms with Crippen LogP contribution in [-0.2, 0) is 25.7 Å². The lowest BCUT2D eigenvalue weighted by molar-refractivity contribution is 0.713. The van der Waals surface area contributed by atoms with Gasteiger partial charge in [0.2, 0.25) is 0 Å². The van der Waals surface area contributed by atoms with Crippen LogP contribution in [0, 0.1) is 6.92 Å². The molecule has 0 radical (unpaired) electrons. The molecule has 0 saturated carbocycles. The molecule has 0 spiro atoms. The topological polar surface area (TPSA) is 13.1 Å². The predicted octanol–water partition coefficient (Wildman–Crippen LogP) is 16.7. The number of benzene rings is 9. The van der Waals surface area contributed by atoms with Crippen molar-refractivity contribution in [3.63, 3.8) is 0 Å². The highest BCUT2D eigenvalue weighted by Crippen LogP contribution is 2.39. The van der Waals surface area contributed by atoms with E-state index in [1.807, 2.05) is 6.08 Å². The molecule has 0 atom stereocenters. The molecule has 11 aromatic rings. The van der Waals surface area contributed by atoms with E-state index in [0.717, 1.165) is 41.3 Å². The fourth-order valence-corrected chi connectivity index (χ4v) is 10.2. The summed E-state index contributed by atoms with van der Waals surface area (Å²) in [6.07, 6.45) is 9.28. The van der Waals surface area contributed by atoms with Crippen LogP contribution in [0.15, 0.2) is 219 Å². The summed E-state index contributed by atoms with van der Waals surface area (Å²) in [5.41, 5.74) is 19.1. The minimum atomic E-state index is 1.11. The molecule has 9 aromatic carbocycles. The predicted molar refractivity (Wildman–Crippen MR) is 282 cm³/mol. The van der Waals surface area contributed by atoms with Crippen molar-refractivity contribution in [1.82, 2.24) is 9.13 Å². The van der Waals surface area contributed by atoms with Crippen molar-refractivity contribution >= 4 is 66.7 Å². The molecule has 320 valence electrons. The van der Waals surface area contributed by atoms with Crippen molar-refractivity contribution in [2.24, 2.45) is 0 Å². The molecule has 0 fully saturated rings. The van der Waals surface area contributed by atoms with E-state index in [-0.39, 0.29) is 0 Å². The van der Waals surface area contributed by atoms with Crippen LogP contribution in [0.2, 0.25) is 0 Å². The zero-order valence-corrected chi connectivity index (χ0v) is 37.6. The fourth-order valence-electron chi connectivity index (χ4n) is 10.2. The van der Waals surface area contributed by atoms with Crippen LogP contribution >= 0.6 is 0 Å². The molecule has 2 aromatic heterocycles. The highest BCUT2D eigenvalue weighted by Gasteiger charge is 2.17. The standard InChI is InChI=1S/C43H31N3.C20H22/c1-30-18-20-31(21-19-30)44(32-22-26-34(27-23-32)45-40-14-6-2-10-36(40)37-11-3-7-15-41(37)45)33-24-28-35(29-25-33)46-42-16-8-4-12-38(42)39-13-5-9-17-43(39)46;1-2-16-11-12-19-10-6-4-8-17-7-3-5-9-18(17)13-14-20(19)15-16/h2-29H,1H3;2-3,5,7,9,11-12,15H,1,4,6,8,10,13-14H2. The minimum absolute atomic E-state index is 1.11. The van der Waals surface area contributed by atoms with Crippen LogP contribution in [-0.4, -0.2) is 9.13 Å². The fraction of sp³-hybridized carbons (Fsp3) is 0.111. The smallest absolute Gasteiger partial charge is 0.0541 e. The minimum Gasteiger partial charge on any atom is -0.311 e. The first-order chi connectivity index (χ1) is 32.6. The van der Waals surface area contributed by atoms with Gasteiger partial charge in [-0.05, 0) is 158 Å². The normalized spacial score (nSPS) is 12.6. The van der Waals surface area contributed by atoms with E-state index >= 15 is 0 Å². The van der Waals surface area contributed by atoms with Gasteiger partial charge in [-0.3, -0.25) is 0 Å². The van der Waals surface area contributed by atoms with E-state index in [9.17, 15) is 0 Å². The molecule has 0 aliphatic heterocycles. The summed E-state index contributed by atoms with van der Waals surface area (Å²) in [5.74, 6) is 0. The summed E-state index contributed by atoms with van der Waals surface area (Å²) in [4.78, 5) is 2.34. The molecule has 0 bridgehead atoms. The lowest BCUT2D eigenvalue weighted by Crippen LogP contribution is -2.10. The monoisotopic (exact) mass is 851 g/mol. The van der Waals surface area contributed by atoms with Crippen LogP contribution < -0.4 is 4.90 Å². The highest BCUT2D eigenvalue weighted by atomic mass is 15.1. The van der Waals surface area contributed by atoms with Crippen molar-refractivity contribution in [2.75, 3.05) is 4.90 Å². The highest BCUT2D eigenvalue weighted by molar-refractivity contribution is 6.10. The number of hydrogen-bond donors (Lipinski definition) is 0. The Labute approximate surface area is 388 Å². The van der Waals surface area contributed by atoms with E-state index in [1.165, 1.54) is 97.1 Å². The Morgan fingerprint density at radius 3 is 1.18 bits per heavy atom. The van der Waals surface area contributed by atoms with Gasteiger partial charge in [0, 0.05) is 50.0 Å². The van der Waals surface area contributed by atoms with Gasteiger partial charge in [-0.2, -0.15) is 0 Å². The Morgan fingerprint density at radius 1 is 0.379 bits per heavy atom. The van der Waals surface area contributed by atoms with Gasteiger partial charge in [0.05, 0.1) is 22.1 Å². The first-order valence-electron chi connectivity index (χ1n) is 23.5. The maximum absolute atomic E-state index is 3.89. The molecule has 1 aliphatic carbocycles. The van der Waals surface area contributed by atoms with Crippen molar-refractivity contribution in [2.45, 2.75) is 45.4 Å². The number of para-hydroxylation sites is 4. The van der Waals surface area contributed by atoms with Gasteiger partial charge in [0.15, 0.2) is 0 Å². The van der Waals surface area contributed by atoms with Crippen LogP contribution in [0.4, 0.5) is 17.1 Å². The summed E-state index contributed by atoms with van der Waals surface area (Å²) in [5, 5.41) is 5.08. The molecule has 0 unspecified atom stereocenters. The molecule has 3 nitrogen and oxygen atoms in total. The number of hydrogen-bond acceptors (Lipinski definition) is 1. The Bertz CT molecular complexity index is 3230. The van der Waals surface area contributed by atoms with E-state index in [0.29, 0.717) is 0 Å². The number of anilines is 3. The summed E-state index contributed by atoms with van der Waals surface area (Å²) in [6, 6.07) is 77.1. The maximum Gasteiger partial charge on any atom is 0.0541 e. The van der Waals surface area contributed by atoms with Gasteiger partial charge < -0.3 is 14.0 Å². The molecule has 1 aliphatic rings. The number of rotatable bonds is 6. The first-order valence-corrected chi connectivity index (χ1v) is 23.5. The first kappa shape index (κ1) is 40.9. The average Bonchev–Trinajstić information content (AvgIpc) is 3.90. The molecule has 0 amide bonds. The van der Waals surface area contributed by atoms with Gasteiger partial charge >= 0.3 is 0 Å². The van der Waals surface area contributed by atoms with Crippen molar-refractivity contribution < 1.29 is 0 Å². The average molecular weight is 852 g/mol. The number of aromatic nitrogens is 2. The van der Waals surface area contributed by atoms with Crippen molar-refractivity contribution in [3.05, 3.63) is 252 Å². The molecule has 66 heavy (non-hydrogen) atoms. The molecule has 3 heteroatoms. The third kappa shape index (κ3) is 7.77. The number of aryl methyl sites for hydroxylation is 5. The van der Waals surface area contributed by atoms with Crippen LogP contribution in [0.25, 0.3) is 61.1 Å². The molecule has 12 rings (SSSR count). The summed E-state index contributed by atoms with van der Waals surface area (Å²) in [7, 11) is 0. The summed E-state index contributed by atoms with van der Waals surface area (Å²) in [6.45, 7) is 6.03. The van der Waals surface area contributed by atoms with Gasteiger partial charge in [-0.15, -0.1) is 0 Å². The quantitative estimate of drug-likeness (QED) is 0.162. The second kappa shape index (κ2) is 17.9. The summed E-state index contributed by atoms with van der Waals surface area (Å²) < 4.78 is 4.73. The largest absolute Gasteiger partial charge is 0.311 e. The second-order valence-corrected chi connectivity index (χ2v) is 17.7. The third-order valence-electron chi connectivity index (χ3n) is 13.6. The van der Waals surface area contributed by atoms with E-state index < -0.39 is 0 Å². The van der Waals surface area contributed by atoms with Crippen LogP contribution in [0.5, 0.6) is 0 Å². The van der Waals surface area contributed by atoms with Crippen LogP contribution in [0.1, 0.15) is 46.2 Å². The summed E-state index contributed by atoms with van der Waals surface area (Å²) >= 11 is 0. The van der Waals surface area contributed by atoms with Crippen molar-refractivity contribution in [1.29, 1.82) is 0 Å². The zero-order chi connectivity index (χ0) is 44.4. The lowest BCUT2D eigenvalue weighted by Gasteiger charge is -2.26. The number of fused-ring (bicyclic) bond motifs is 8. The third-order valence-corrected chi connectivity index (χ3v) is 13.6. The molecule has 0 N–H and O–H groups in total. The Hall–Kier alpha value is -7.88. The van der Waals surface area contributed by atoms with Gasteiger partial charge in [0.1, 0.15) is 0 Å². The zero-order valence-electron chi connectivity index (χ0n) is 37.6. The van der Waals surface area contributed by atoms with Gasteiger partial charge in [-0.1, -0.05) is 146 Å². The van der Waals surface area contributed by atoms with E-state index in [2.05, 4.69) is 240 Å². The molecule has 2 heterocycles. The van der Waals surface area contributed by atoms with E-state index in [4.69, 9.17) is 0 Å². The van der Waals surface area contributed by atoms with Crippen LogP contribution in [0.3, 0.4) is 0 Å². The maximum atomic E-state index is 3.89.